The second-order valence-corrected chi connectivity index (χ2v) is 3.94. The number of rotatable bonds is 4. The summed E-state index contributed by atoms with van der Waals surface area (Å²) in [4.78, 5) is 10.5. The zero-order valence-corrected chi connectivity index (χ0v) is 9.63. The fourth-order valence-corrected chi connectivity index (χ4v) is 1.40. The van der Waals surface area contributed by atoms with E-state index in [-0.39, 0.29) is 5.57 Å². The van der Waals surface area contributed by atoms with E-state index in [0.717, 1.165) is 6.26 Å². The van der Waals surface area contributed by atoms with Gasteiger partial charge in [0.15, 0.2) is 0 Å². The fourth-order valence-electron chi connectivity index (χ4n) is 1.40. The summed E-state index contributed by atoms with van der Waals surface area (Å²) in [6.07, 6.45) is -6.19. The molecule has 1 saturated heterocycles. The summed E-state index contributed by atoms with van der Waals surface area (Å²) in [6.45, 7) is 0.693. The van der Waals surface area contributed by atoms with Crippen LogP contribution in [-0.2, 0) is 14.3 Å². The normalized spacial score (nSPS) is 37.4. The molecule has 1 unspecified atom stereocenters. The zero-order chi connectivity index (χ0) is 13.9. The van der Waals surface area contributed by atoms with Crippen molar-refractivity contribution in [2.45, 2.75) is 37.6 Å². The summed E-state index contributed by atoms with van der Waals surface area (Å²) in [7, 11) is 0. The van der Waals surface area contributed by atoms with Crippen LogP contribution in [0, 0.1) is 0 Å². The van der Waals surface area contributed by atoms with Gasteiger partial charge in [-0.25, -0.2) is 4.79 Å². The SMILES string of the molecule is CC(=COC1O[C@H](CO)[C@@H](O)[C@H](O)[C@H]1O)C(=O)O. The molecular formula is C10H16O8. The summed E-state index contributed by atoms with van der Waals surface area (Å²) < 4.78 is 9.86. The predicted molar refractivity (Wildman–Crippen MR) is 56.2 cm³/mol. The van der Waals surface area contributed by atoms with E-state index >= 15 is 0 Å². The third kappa shape index (κ3) is 3.18. The van der Waals surface area contributed by atoms with Crippen LogP contribution in [0.5, 0.6) is 0 Å². The summed E-state index contributed by atoms with van der Waals surface area (Å²) in [5.41, 5.74) is -0.132. The zero-order valence-electron chi connectivity index (χ0n) is 9.63. The third-order valence-electron chi connectivity index (χ3n) is 2.56. The highest BCUT2D eigenvalue weighted by molar-refractivity contribution is 5.85. The molecule has 0 aliphatic carbocycles. The van der Waals surface area contributed by atoms with Gasteiger partial charge in [0.2, 0.25) is 6.29 Å². The first kappa shape index (κ1) is 14.9. The first-order valence-electron chi connectivity index (χ1n) is 5.24. The van der Waals surface area contributed by atoms with Gasteiger partial charge in [-0.05, 0) is 6.92 Å². The highest BCUT2D eigenvalue weighted by Crippen LogP contribution is 2.22. The maximum absolute atomic E-state index is 10.5. The number of carboxylic acid groups (broad SMARTS) is 1. The van der Waals surface area contributed by atoms with Gasteiger partial charge in [0, 0.05) is 0 Å². The standard InChI is InChI=1S/C10H16O8/c1-4(9(15)16)3-17-10-8(14)7(13)6(12)5(2-11)18-10/h3,5-8,10-14H,2H2,1H3,(H,15,16)/t5-,6-,7+,8-,10?/m1/s1. The van der Waals surface area contributed by atoms with Crippen molar-refractivity contribution in [2.75, 3.05) is 6.61 Å². The molecule has 104 valence electrons. The molecule has 8 heteroatoms. The molecule has 5 N–H and O–H groups in total. The Hall–Kier alpha value is -1.19. The second kappa shape index (κ2) is 6.12. The molecule has 0 aromatic heterocycles. The Morgan fingerprint density at radius 1 is 1.28 bits per heavy atom. The van der Waals surface area contributed by atoms with Crippen molar-refractivity contribution in [1.82, 2.24) is 0 Å². The van der Waals surface area contributed by atoms with Crippen molar-refractivity contribution in [1.29, 1.82) is 0 Å². The molecule has 0 aromatic carbocycles. The molecule has 1 aliphatic heterocycles. The van der Waals surface area contributed by atoms with Crippen molar-refractivity contribution < 1.29 is 39.8 Å². The summed E-state index contributed by atoms with van der Waals surface area (Å²) >= 11 is 0. The Bertz CT molecular complexity index is 326. The number of hydrogen-bond acceptors (Lipinski definition) is 7. The molecule has 0 amide bonds. The van der Waals surface area contributed by atoms with Crippen LogP contribution in [0.3, 0.4) is 0 Å². The molecule has 1 heterocycles. The van der Waals surface area contributed by atoms with Crippen molar-refractivity contribution in [2.24, 2.45) is 0 Å². The highest BCUT2D eigenvalue weighted by Gasteiger charge is 2.44. The molecule has 8 nitrogen and oxygen atoms in total. The van der Waals surface area contributed by atoms with Crippen LogP contribution in [0.4, 0.5) is 0 Å². The lowest BCUT2D eigenvalue weighted by molar-refractivity contribution is -0.288. The van der Waals surface area contributed by atoms with Gasteiger partial charge in [-0.2, -0.15) is 0 Å². The predicted octanol–water partition coefficient (Wildman–Crippen LogP) is -2.21. The van der Waals surface area contributed by atoms with Gasteiger partial charge in [0.05, 0.1) is 18.4 Å². The minimum absolute atomic E-state index is 0.132. The molecule has 1 aliphatic rings. The van der Waals surface area contributed by atoms with Crippen molar-refractivity contribution in [3.05, 3.63) is 11.8 Å². The van der Waals surface area contributed by atoms with Gasteiger partial charge in [-0.1, -0.05) is 0 Å². The van der Waals surface area contributed by atoms with E-state index in [1.807, 2.05) is 0 Å². The quantitative estimate of drug-likeness (QED) is 0.285. The van der Waals surface area contributed by atoms with E-state index in [2.05, 4.69) is 0 Å². The fraction of sp³-hybridized carbons (Fsp3) is 0.700. The Labute approximate surface area is 103 Å². The Morgan fingerprint density at radius 3 is 2.39 bits per heavy atom. The molecule has 1 rings (SSSR count). The monoisotopic (exact) mass is 264 g/mol. The minimum Gasteiger partial charge on any atom is -0.478 e. The average Bonchev–Trinajstić information content (AvgIpc) is 2.34. The van der Waals surface area contributed by atoms with E-state index in [1.165, 1.54) is 6.92 Å². The smallest absolute Gasteiger partial charge is 0.334 e. The molecule has 5 atom stereocenters. The van der Waals surface area contributed by atoms with E-state index in [1.54, 1.807) is 0 Å². The second-order valence-electron chi connectivity index (χ2n) is 3.94. The first-order valence-corrected chi connectivity index (χ1v) is 5.24. The van der Waals surface area contributed by atoms with Crippen LogP contribution in [0.1, 0.15) is 6.92 Å². The lowest BCUT2D eigenvalue weighted by Crippen LogP contribution is -2.58. The molecule has 1 fully saturated rings. The Balaban J connectivity index is 2.70. The van der Waals surface area contributed by atoms with E-state index < -0.39 is 43.3 Å². The summed E-state index contributed by atoms with van der Waals surface area (Å²) in [5.74, 6) is -1.21. The van der Waals surface area contributed by atoms with Gasteiger partial charge in [-0.3, -0.25) is 0 Å². The van der Waals surface area contributed by atoms with E-state index in [4.69, 9.17) is 19.7 Å². The first-order chi connectivity index (χ1) is 8.38. The van der Waals surface area contributed by atoms with Crippen LogP contribution in [0.15, 0.2) is 11.8 Å². The third-order valence-corrected chi connectivity index (χ3v) is 2.56. The van der Waals surface area contributed by atoms with E-state index in [0.29, 0.717) is 0 Å². The van der Waals surface area contributed by atoms with Gasteiger partial charge in [-0.15, -0.1) is 0 Å². The lowest BCUT2D eigenvalue weighted by Gasteiger charge is -2.39. The van der Waals surface area contributed by atoms with Gasteiger partial charge in [0.25, 0.3) is 0 Å². The number of ether oxygens (including phenoxy) is 2. The number of carboxylic acids is 1. The molecular weight excluding hydrogens is 248 g/mol. The number of aliphatic hydroxyl groups excluding tert-OH is 4. The van der Waals surface area contributed by atoms with Crippen molar-refractivity contribution in [3.8, 4) is 0 Å². The van der Waals surface area contributed by atoms with Crippen LogP contribution in [-0.4, -0.2) is 68.8 Å². The molecule has 0 bridgehead atoms. The maximum atomic E-state index is 10.5. The molecule has 0 spiro atoms. The summed E-state index contributed by atoms with van der Waals surface area (Å²) in [5, 5.41) is 46.0. The number of hydrogen-bond donors (Lipinski definition) is 5. The van der Waals surface area contributed by atoms with Gasteiger partial charge < -0.3 is 35.0 Å². The maximum Gasteiger partial charge on any atom is 0.334 e. The van der Waals surface area contributed by atoms with Crippen LogP contribution >= 0.6 is 0 Å². The van der Waals surface area contributed by atoms with Gasteiger partial charge >= 0.3 is 5.97 Å². The van der Waals surface area contributed by atoms with Crippen LogP contribution in [0.2, 0.25) is 0 Å². The van der Waals surface area contributed by atoms with E-state index in [9.17, 15) is 20.1 Å². The molecule has 0 radical (unpaired) electrons. The minimum atomic E-state index is -1.56. The largest absolute Gasteiger partial charge is 0.478 e. The molecule has 18 heavy (non-hydrogen) atoms. The topological polar surface area (TPSA) is 137 Å². The Morgan fingerprint density at radius 2 is 1.89 bits per heavy atom. The lowest BCUT2D eigenvalue weighted by atomic mass is 9.99. The van der Waals surface area contributed by atoms with Gasteiger partial charge in [0.1, 0.15) is 24.4 Å². The van der Waals surface area contributed by atoms with Crippen molar-refractivity contribution >= 4 is 5.97 Å². The average molecular weight is 264 g/mol. The highest BCUT2D eigenvalue weighted by atomic mass is 16.7. The molecule has 0 saturated carbocycles. The van der Waals surface area contributed by atoms with Crippen molar-refractivity contribution in [3.63, 3.8) is 0 Å². The number of aliphatic carboxylic acids is 1. The van der Waals surface area contributed by atoms with Crippen LogP contribution in [0.25, 0.3) is 0 Å². The van der Waals surface area contributed by atoms with Crippen LogP contribution < -0.4 is 0 Å². The number of carbonyl (C=O) groups is 1. The number of aliphatic hydroxyl groups is 4. The molecule has 0 aromatic rings. The Kier molecular flexibility index (Phi) is 5.05. The summed E-state index contributed by atoms with van der Waals surface area (Å²) in [6, 6.07) is 0.